The van der Waals surface area contributed by atoms with Crippen molar-refractivity contribution in [1.29, 1.82) is 0 Å². The van der Waals surface area contributed by atoms with Crippen molar-refractivity contribution in [1.82, 2.24) is 9.55 Å². The molecule has 0 bridgehead atoms. The molecule has 1 unspecified atom stereocenters. The van der Waals surface area contributed by atoms with Crippen molar-refractivity contribution in [2.45, 2.75) is 25.9 Å². The summed E-state index contributed by atoms with van der Waals surface area (Å²) < 4.78 is 2.40. The van der Waals surface area contributed by atoms with E-state index in [1.807, 2.05) is 23.8 Å². The quantitative estimate of drug-likeness (QED) is 0.670. The van der Waals surface area contributed by atoms with Crippen LogP contribution in [0.5, 0.6) is 0 Å². The summed E-state index contributed by atoms with van der Waals surface area (Å²) in [5.74, 6) is 0. The Morgan fingerprint density at radius 1 is 1.55 bits per heavy atom. The first-order valence-corrected chi connectivity index (χ1v) is 6.94. The van der Waals surface area contributed by atoms with Crippen LogP contribution in [-0.2, 0) is 13.0 Å². The molecular weight excluding hydrogens is 324 g/mol. The molecule has 2 N–H and O–H groups in total. The number of nitro groups is 1. The van der Waals surface area contributed by atoms with Crippen LogP contribution in [0.25, 0.3) is 0 Å². The number of rotatable bonds is 5. The molecule has 1 aromatic heterocycles. The van der Waals surface area contributed by atoms with Crippen molar-refractivity contribution in [3.63, 3.8) is 0 Å². The minimum atomic E-state index is -0.400. The summed E-state index contributed by atoms with van der Waals surface area (Å²) in [7, 11) is 0. The topological polar surface area (TPSA) is 87.0 Å². The van der Waals surface area contributed by atoms with Crippen molar-refractivity contribution in [3.05, 3.63) is 56.6 Å². The predicted molar refractivity (Wildman–Crippen MR) is 79.5 cm³/mol. The first-order chi connectivity index (χ1) is 9.47. The Morgan fingerprint density at radius 2 is 2.30 bits per heavy atom. The van der Waals surface area contributed by atoms with Gasteiger partial charge in [0.15, 0.2) is 0 Å². The van der Waals surface area contributed by atoms with Crippen LogP contribution in [0.1, 0.15) is 18.2 Å². The molecule has 0 saturated heterocycles. The van der Waals surface area contributed by atoms with Gasteiger partial charge in [0.25, 0.3) is 5.69 Å². The highest BCUT2D eigenvalue weighted by atomic mass is 79.9. The number of benzene rings is 1. The fourth-order valence-electron chi connectivity index (χ4n) is 1.95. The Bertz CT molecular complexity index is 625. The molecule has 0 aliphatic carbocycles. The number of halogens is 1. The van der Waals surface area contributed by atoms with E-state index >= 15 is 0 Å². The lowest BCUT2D eigenvalue weighted by atomic mass is 10.2. The van der Waals surface area contributed by atoms with E-state index in [1.54, 1.807) is 12.4 Å². The van der Waals surface area contributed by atoms with Crippen LogP contribution in [0.15, 0.2) is 35.2 Å². The highest BCUT2D eigenvalue weighted by molar-refractivity contribution is 9.10. The van der Waals surface area contributed by atoms with Gasteiger partial charge >= 0.3 is 0 Å². The molecule has 0 radical (unpaired) electrons. The third kappa shape index (κ3) is 3.43. The molecule has 0 fully saturated rings. The highest BCUT2D eigenvalue weighted by Crippen LogP contribution is 2.28. The number of nitrogens with two attached hydrogens (primary N) is 1. The number of hydrogen-bond donors (Lipinski definition) is 1. The van der Waals surface area contributed by atoms with Gasteiger partial charge in [0.05, 0.1) is 16.9 Å². The number of imidazole rings is 1. The first-order valence-electron chi connectivity index (χ1n) is 6.15. The van der Waals surface area contributed by atoms with Crippen LogP contribution in [0.3, 0.4) is 0 Å². The van der Waals surface area contributed by atoms with E-state index in [1.165, 1.54) is 6.07 Å². The number of aromatic nitrogens is 2. The maximum absolute atomic E-state index is 10.9. The average Bonchev–Trinajstić information content (AvgIpc) is 2.78. The summed E-state index contributed by atoms with van der Waals surface area (Å²) in [6.45, 7) is 2.45. The van der Waals surface area contributed by atoms with E-state index in [0.717, 1.165) is 11.3 Å². The van der Waals surface area contributed by atoms with Crippen molar-refractivity contribution < 1.29 is 4.92 Å². The van der Waals surface area contributed by atoms with Crippen LogP contribution >= 0.6 is 15.9 Å². The second-order valence-electron chi connectivity index (χ2n) is 4.73. The molecular formula is C13H15BrN4O2. The molecule has 7 heteroatoms. The van der Waals surface area contributed by atoms with E-state index < -0.39 is 4.92 Å². The van der Waals surface area contributed by atoms with E-state index in [-0.39, 0.29) is 11.7 Å². The van der Waals surface area contributed by atoms with Crippen molar-refractivity contribution in [2.24, 2.45) is 5.73 Å². The summed E-state index contributed by atoms with van der Waals surface area (Å²) in [4.78, 5) is 14.8. The summed E-state index contributed by atoms with van der Waals surface area (Å²) in [6, 6.07) is 5.06. The predicted octanol–water partition coefficient (Wildman–Crippen LogP) is 2.49. The van der Waals surface area contributed by atoms with Gasteiger partial charge in [-0.3, -0.25) is 10.1 Å². The second kappa shape index (κ2) is 6.15. The van der Waals surface area contributed by atoms with Gasteiger partial charge < -0.3 is 10.3 Å². The molecule has 1 aromatic carbocycles. The van der Waals surface area contributed by atoms with Crippen LogP contribution in [0, 0.1) is 10.1 Å². The van der Waals surface area contributed by atoms with E-state index in [4.69, 9.17) is 5.73 Å². The van der Waals surface area contributed by atoms with Gasteiger partial charge in [0.1, 0.15) is 4.47 Å². The van der Waals surface area contributed by atoms with Gasteiger partial charge in [-0.05, 0) is 28.4 Å². The molecule has 106 valence electrons. The molecule has 0 saturated carbocycles. The van der Waals surface area contributed by atoms with Crippen LogP contribution < -0.4 is 5.73 Å². The molecule has 0 spiro atoms. The van der Waals surface area contributed by atoms with Crippen LogP contribution in [-0.4, -0.2) is 20.5 Å². The number of nitrogens with zero attached hydrogens (tertiary/aromatic N) is 3. The minimum absolute atomic E-state index is 0.0582. The summed E-state index contributed by atoms with van der Waals surface area (Å²) >= 11 is 3.29. The molecule has 0 amide bonds. The smallest absolute Gasteiger partial charge is 0.283 e. The van der Waals surface area contributed by atoms with E-state index in [2.05, 4.69) is 20.9 Å². The zero-order valence-electron chi connectivity index (χ0n) is 11.0. The lowest BCUT2D eigenvalue weighted by molar-refractivity contribution is -0.385. The second-order valence-corrected chi connectivity index (χ2v) is 5.52. The largest absolute Gasteiger partial charge is 0.333 e. The average molecular weight is 339 g/mol. The van der Waals surface area contributed by atoms with E-state index in [0.29, 0.717) is 17.4 Å². The summed E-state index contributed by atoms with van der Waals surface area (Å²) in [5, 5.41) is 10.9. The Labute approximate surface area is 124 Å². The normalized spacial score (nSPS) is 12.3. The Hall–Kier alpha value is -1.73. The van der Waals surface area contributed by atoms with Gasteiger partial charge in [-0.15, -0.1) is 0 Å². The van der Waals surface area contributed by atoms with Gasteiger partial charge in [-0.25, -0.2) is 4.98 Å². The van der Waals surface area contributed by atoms with Crippen molar-refractivity contribution in [3.8, 4) is 0 Å². The molecule has 1 heterocycles. The standard InChI is InChI=1S/C13H15BrN4O2/c1-9(15)5-11-7-17(8-16-11)6-10-3-2-4-12(13(10)14)18(19)20/h2-4,7-9H,5-6,15H2,1H3. The molecule has 0 aliphatic rings. The first kappa shape index (κ1) is 14.7. The third-order valence-electron chi connectivity index (χ3n) is 2.83. The zero-order valence-corrected chi connectivity index (χ0v) is 12.6. The monoisotopic (exact) mass is 338 g/mol. The lowest BCUT2D eigenvalue weighted by Gasteiger charge is -2.06. The molecule has 2 aromatic rings. The zero-order chi connectivity index (χ0) is 14.7. The third-order valence-corrected chi connectivity index (χ3v) is 3.74. The number of hydrogen-bond acceptors (Lipinski definition) is 4. The molecule has 0 aliphatic heterocycles. The van der Waals surface area contributed by atoms with Crippen LogP contribution in [0.4, 0.5) is 5.69 Å². The SMILES string of the molecule is CC(N)Cc1cn(Cc2cccc([N+](=O)[O-])c2Br)cn1. The number of nitro benzene ring substituents is 1. The van der Waals surface area contributed by atoms with Gasteiger partial charge in [-0.1, -0.05) is 12.1 Å². The lowest BCUT2D eigenvalue weighted by Crippen LogP contribution is -2.17. The minimum Gasteiger partial charge on any atom is -0.333 e. The molecule has 2 rings (SSSR count). The van der Waals surface area contributed by atoms with E-state index in [9.17, 15) is 10.1 Å². The fraction of sp³-hybridized carbons (Fsp3) is 0.308. The Kier molecular flexibility index (Phi) is 4.51. The summed E-state index contributed by atoms with van der Waals surface area (Å²) in [6.07, 6.45) is 4.33. The Morgan fingerprint density at radius 3 is 2.95 bits per heavy atom. The van der Waals surface area contributed by atoms with Crippen molar-refractivity contribution >= 4 is 21.6 Å². The highest BCUT2D eigenvalue weighted by Gasteiger charge is 2.15. The maximum Gasteiger partial charge on any atom is 0.283 e. The fourth-order valence-corrected chi connectivity index (χ4v) is 2.49. The molecule has 1 atom stereocenters. The maximum atomic E-state index is 10.9. The van der Waals surface area contributed by atoms with Gasteiger partial charge in [0, 0.05) is 31.3 Å². The van der Waals surface area contributed by atoms with Gasteiger partial charge in [0.2, 0.25) is 0 Å². The molecule has 6 nitrogen and oxygen atoms in total. The van der Waals surface area contributed by atoms with Gasteiger partial charge in [-0.2, -0.15) is 0 Å². The van der Waals surface area contributed by atoms with Crippen LogP contribution in [0.2, 0.25) is 0 Å². The summed E-state index contributed by atoms with van der Waals surface area (Å²) in [5.41, 5.74) is 7.55. The van der Waals surface area contributed by atoms with Crippen molar-refractivity contribution in [2.75, 3.05) is 0 Å². The molecule has 20 heavy (non-hydrogen) atoms. The Balaban J connectivity index is 2.20.